The molecule has 1 amide bonds. The number of benzene rings is 1. The number of para-hydroxylation sites is 1. The Labute approximate surface area is 173 Å². The topological polar surface area (TPSA) is 81.1 Å². The summed E-state index contributed by atoms with van der Waals surface area (Å²) in [6.45, 7) is 7.56. The second kappa shape index (κ2) is 8.69. The number of carbonyl (C=O) groups is 2. The molecule has 2 heterocycles. The fourth-order valence-corrected chi connectivity index (χ4v) is 4.37. The number of carbonyl (C=O) groups excluding carboxylic acids is 2. The highest BCUT2D eigenvalue weighted by atomic mass is 32.1. The van der Waals surface area contributed by atoms with E-state index in [1.54, 1.807) is 11.5 Å². The normalized spacial score (nSPS) is 11.0. The van der Waals surface area contributed by atoms with Crippen molar-refractivity contribution in [3.05, 3.63) is 56.4 Å². The summed E-state index contributed by atoms with van der Waals surface area (Å²) in [5, 5.41) is 3.40. The Morgan fingerprint density at radius 2 is 1.93 bits per heavy atom. The number of ketones is 1. The van der Waals surface area contributed by atoms with Crippen LogP contribution < -0.4 is 10.9 Å². The van der Waals surface area contributed by atoms with Gasteiger partial charge in [0.25, 0.3) is 11.5 Å². The van der Waals surface area contributed by atoms with Crippen LogP contribution in [0.2, 0.25) is 0 Å². The van der Waals surface area contributed by atoms with Crippen molar-refractivity contribution in [3.63, 3.8) is 0 Å². The number of nitrogens with one attached hydrogen (secondary N) is 1. The van der Waals surface area contributed by atoms with Crippen LogP contribution in [-0.4, -0.2) is 21.2 Å². The van der Waals surface area contributed by atoms with E-state index in [0.29, 0.717) is 39.4 Å². The quantitative estimate of drug-likeness (QED) is 0.630. The third-order valence-electron chi connectivity index (χ3n) is 4.89. The minimum Gasteiger partial charge on any atom is -0.321 e. The van der Waals surface area contributed by atoms with E-state index in [1.165, 1.54) is 18.3 Å². The summed E-state index contributed by atoms with van der Waals surface area (Å²) in [5.41, 5.74) is 2.17. The summed E-state index contributed by atoms with van der Waals surface area (Å²) in [5.74, 6) is 0.449. The fourth-order valence-electron chi connectivity index (χ4n) is 3.28. The van der Waals surface area contributed by atoms with Crippen molar-refractivity contribution >= 4 is 38.9 Å². The molecule has 3 aromatic rings. The molecule has 0 unspecified atom stereocenters. The molecule has 0 aliphatic carbocycles. The van der Waals surface area contributed by atoms with E-state index in [0.717, 1.165) is 17.7 Å². The molecular formula is C22H25N3O3S. The van der Waals surface area contributed by atoms with Gasteiger partial charge in [0, 0.05) is 25.1 Å². The third kappa shape index (κ3) is 4.29. The Kier molecular flexibility index (Phi) is 6.27. The minimum absolute atomic E-state index is 0.0276. The average molecular weight is 412 g/mol. The molecule has 0 aliphatic rings. The predicted molar refractivity (Wildman–Crippen MR) is 117 cm³/mol. The molecule has 1 N–H and O–H groups in total. The molecule has 0 bridgehead atoms. The van der Waals surface area contributed by atoms with Gasteiger partial charge in [-0.1, -0.05) is 25.1 Å². The van der Waals surface area contributed by atoms with Crippen molar-refractivity contribution in [3.8, 4) is 0 Å². The van der Waals surface area contributed by atoms with Crippen molar-refractivity contribution in [2.75, 3.05) is 5.32 Å². The molecule has 0 saturated carbocycles. The zero-order chi connectivity index (χ0) is 21.1. The molecule has 1 aromatic carbocycles. The number of Topliss-reactive ketones (excluding diaryl/α,β-unsaturated/α-hetero) is 1. The Morgan fingerprint density at radius 1 is 1.21 bits per heavy atom. The van der Waals surface area contributed by atoms with Gasteiger partial charge < -0.3 is 5.32 Å². The molecule has 0 radical (unpaired) electrons. The first-order valence-electron chi connectivity index (χ1n) is 9.72. The molecule has 0 saturated heterocycles. The van der Waals surface area contributed by atoms with Crippen molar-refractivity contribution in [2.24, 2.45) is 0 Å². The number of aryl methyl sites for hydroxylation is 3. The van der Waals surface area contributed by atoms with Gasteiger partial charge in [0.05, 0.1) is 10.3 Å². The largest absolute Gasteiger partial charge is 0.321 e. The molecule has 0 atom stereocenters. The van der Waals surface area contributed by atoms with E-state index in [4.69, 9.17) is 0 Å². The third-order valence-corrected chi connectivity index (χ3v) is 6.07. The lowest BCUT2D eigenvalue weighted by Gasteiger charge is -2.11. The highest BCUT2D eigenvalue weighted by molar-refractivity contribution is 7.20. The van der Waals surface area contributed by atoms with Crippen LogP contribution in [0.3, 0.4) is 0 Å². The van der Waals surface area contributed by atoms with Crippen molar-refractivity contribution in [2.45, 2.75) is 53.5 Å². The van der Waals surface area contributed by atoms with E-state index in [2.05, 4.69) is 10.3 Å². The monoisotopic (exact) mass is 411 g/mol. The number of fused-ring (bicyclic) bond motifs is 1. The molecule has 3 rings (SSSR count). The van der Waals surface area contributed by atoms with Crippen LogP contribution in [0.5, 0.6) is 0 Å². The zero-order valence-corrected chi connectivity index (χ0v) is 18.0. The summed E-state index contributed by atoms with van der Waals surface area (Å²) in [6.07, 6.45) is 1.77. The van der Waals surface area contributed by atoms with Crippen molar-refractivity contribution < 1.29 is 9.59 Å². The molecule has 0 aliphatic heterocycles. The summed E-state index contributed by atoms with van der Waals surface area (Å²) in [6, 6.07) is 7.56. The van der Waals surface area contributed by atoms with Gasteiger partial charge in [0.1, 0.15) is 16.4 Å². The van der Waals surface area contributed by atoms with Gasteiger partial charge >= 0.3 is 0 Å². The van der Waals surface area contributed by atoms with Crippen LogP contribution in [0.1, 0.15) is 53.3 Å². The lowest BCUT2D eigenvalue weighted by atomic mass is 10.1. The number of nitrogens with zero attached hydrogens (tertiary/aromatic N) is 2. The van der Waals surface area contributed by atoms with E-state index in [9.17, 15) is 14.4 Å². The van der Waals surface area contributed by atoms with Crippen molar-refractivity contribution in [1.82, 2.24) is 9.55 Å². The minimum atomic E-state index is -0.244. The van der Waals surface area contributed by atoms with E-state index in [1.807, 2.05) is 38.1 Å². The summed E-state index contributed by atoms with van der Waals surface area (Å²) in [7, 11) is 0. The molecule has 2 aromatic heterocycles. The maximum absolute atomic E-state index is 13.2. The first kappa shape index (κ1) is 20.9. The van der Waals surface area contributed by atoms with E-state index < -0.39 is 0 Å². The van der Waals surface area contributed by atoms with Gasteiger partial charge in [-0.05, 0) is 44.4 Å². The highest BCUT2D eigenvalue weighted by Crippen LogP contribution is 2.29. The van der Waals surface area contributed by atoms with Crippen molar-refractivity contribution in [1.29, 1.82) is 0 Å². The van der Waals surface area contributed by atoms with Crippen LogP contribution in [-0.2, 0) is 17.8 Å². The predicted octanol–water partition coefficient (Wildman–Crippen LogP) is 4.26. The second-order valence-electron chi connectivity index (χ2n) is 7.19. The smallest absolute Gasteiger partial charge is 0.266 e. The average Bonchev–Trinajstić information content (AvgIpc) is 3.00. The first-order valence-corrected chi connectivity index (χ1v) is 10.5. The van der Waals surface area contributed by atoms with Crippen LogP contribution in [0.25, 0.3) is 10.2 Å². The first-order chi connectivity index (χ1) is 13.8. The number of aromatic nitrogens is 2. The second-order valence-corrected chi connectivity index (χ2v) is 8.19. The van der Waals surface area contributed by atoms with Gasteiger partial charge in [-0.15, -0.1) is 11.3 Å². The SMILES string of the molecule is CCCc1nc2sc(C(=O)Nc3ccccc3C)c(C)c2c(=O)n1CCC(C)=O. The Morgan fingerprint density at radius 3 is 2.59 bits per heavy atom. The number of amides is 1. The Hall–Kier alpha value is -2.80. The standard InChI is InChI=1S/C22H25N3O3S/c1-5-8-17-24-21-18(22(28)25(17)12-11-14(3)26)15(4)19(29-21)20(27)23-16-10-7-6-9-13(16)2/h6-7,9-10H,5,8,11-12H2,1-4H3,(H,23,27). The lowest BCUT2D eigenvalue weighted by Crippen LogP contribution is -2.26. The van der Waals surface area contributed by atoms with Gasteiger partial charge in [-0.25, -0.2) is 4.98 Å². The molecule has 7 heteroatoms. The summed E-state index contributed by atoms with van der Waals surface area (Å²) < 4.78 is 1.59. The van der Waals surface area contributed by atoms with Gasteiger partial charge in [-0.2, -0.15) is 0 Å². The number of rotatable bonds is 7. The molecule has 6 nitrogen and oxygen atoms in total. The number of hydrogen-bond acceptors (Lipinski definition) is 5. The highest BCUT2D eigenvalue weighted by Gasteiger charge is 2.22. The van der Waals surface area contributed by atoms with Crippen LogP contribution >= 0.6 is 11.3 Å². The van der Waals surface area contributed by atoms with Gasteiger partial charge in [0.2, 0.25) is 0 Å². The zero-order valence-electron chi connectivity index (χ0n) is 17.2. The van der Waals surface area contributed by atoms with E-state index in [-0.39, 0.29) is 23.7 Å². The molecule has 152 valence electrons. The molecule has 0 fully saturated rings. The van der Waals surface area contributed by atoms with Gasteiger partial charge in [0.15, 0.2) is 0 Å². The van der Waals surface area contributed by atoms with Crippen LogP contribution in [0.4, 0.5) is 5.69 Å². The van der Waals surface area contributed by atoms with Crippen LogP contribution in [0.15, 0.2) is 29.1 Å². The lowest BCUT2D eigenvalue weighted by molar-refractivity contribution is -0.117. The molecule has 0 spiro atoms. The number of anilines is 1. The van der Waals surface area contributed by atoms with Gasteiger partial charge in [-0.3, -0.25) is 19.0 Å². The van der Waals surface area contributed by atoms with E-state index >= 15 is 0 Å². The summed E-state index contributed by atoms with van der Waals surface area (Å²) >= 11 is 1.24. The fraction of sp³-hybridized carbons (Fsp3) is 0.364. The summed E-state index contributed by atoms with van der Waals surface area (Å²) in [4.78, 5) is 43.3. The van der Waals surface area contributed by atoms with Crippen LogP contribution in [0, 0.1) is 13.8 Å². The number of hydrogen-bond donors (Lipinski definition) is 1. The Balaban J connectivity index is 2.07. The maximum atomic E-state index is 13.2. The maximum Gasteiger partial charge on any atom is 0.266 e. The Bertz CT molecular complexity index is 1140. The molecular weight excluding hydrogens is 386 g/mol. The number of thiophene rings is 1. The molecule has 29 heavy (non-hydrogen) atoms.